The van der Waals surface area contributed by atoms with Crippen LogP contribution in [0.4, 0.5) is 0 Å². The average Bonchev–Trinajstić information content (AvgIpc) is 2.76. The standard InChI is InChI=1S/C23H18O5S/c1-26-17-7-9-18(10-8-17)29-14-22(25)27-13-16-12-21(24)28-20-11-6-15-4-2-3-5-19(15)23(16)20/h2-12H,13-14H2,1H3. The van der Waals surface area contributed by atoms with Crippen molar-refractivity contribution in [2.24, 2.45) is 0 Å². The fourth-order valence-electron chi connectivity index (χ4n) is 3.15. The van der Waals surface area contributed by atoms with Crippen molar-refractivity contribution >= 4 is 39.5 Å². The molecular weight excluding hydrogens is 388 g/mol. The van der Waals surface area contributed by atoms with E-state index >= 15 is 0 Å². The summed E-state index contributed by atoms with van der Waals surface area (Å²) in [5.74, 6) is 0.582. The Hall–Kier alpha value is -3.25. The summed E-state index contributed by atoms with van der Waals surface area (Å²) in [7, 11) is 1.61. The van der Waals surface area contributed by atoms with Crippen LogP contribution in [0.1, 0.15) is 5.56 Å². The minimum atomic E-state index is -0.466. The zero-order valence-corrected chi connectivity index (χ0v) is 16.5. The smallest absolute Gasteiger partial charge is 0.336 e. The first kappa shape index (κ1) is 19.1. The second-order valence-corrected chi connectivity index (χ2v) is 7.42. The van der Waals surface area contributed by atoms with E-state index in [4.69, 9.17) is 13.9 Å². The van der Waals surface area contributed by atoms with Gasteiger partial charge >= 0.3 is 11.6 Å². The molecule has 3 aromatic carbocycles. The molecular formula is C23H18O5S. The van der Waals surface area contributed by atoms with Gasteiger partial charge in [0.05, 0.1) is 12.9 Å². The SMILES string of the molecule is COc1ccc(SCC(=O)OCc2cc(=O)oc3ccc4ccccc4c23)cc1. The molecule has 146 valence electrons. The quantitative estimate of drug-likeness (QED) is 0.199. The molecule has 1 heterocycles. The molecule has 4 rings (SSSR count). The van der Waals surface area contributed by atoms with Crippen molar-refractivity contribution in [3.8, 4) is 5.75 Å². The van der Waals surface area contributed by atoms with Gasteiger partial charge in [-0.15, -0.1) is 11.8 Å². The number of rotatable bonds is 6. The summed E-state index contributed by atoms with van der Waals surface area (Å²) in [6, 6.07) is 20.3. The zero-order chi connectivity index (χ0) is 20.2. The van der Waals surface area contributed by atoms with E-state index in [1.807, 2.05) is 54.6 Å². The molecule has 0 saturated heterocycles. The Balaban J connectivity index is 1.50. The molecule has 1 aromatic heterocycles. The van der Waals surface area contributed by atoms with Crippen molar-refractivity contribution in [3.05, 3.63) is 82.7 Å². The van der Waals surface area contributed by atoms with Gasteiger partial charge in [-0.3, -0.25) is 4.79 Å². The molecule has 0 N–H and O–H groups in total. The Morgan fingerprint density at radius 2 is 1.83 bits per heavy atom. The van der Waals surface area contributed by atoms with Crippen LogP contribution in [0.2, 0.25) is 0 Å². The lowest BCUT2D eigenvalue weighted by molar-refractivity contribution is -0.141. The van der Waals surface area contributed by atoms with E-state index in [1.54, 1.807) is 13.2 Å². The number of carbonyl (C=O) groups excluding carboxylic acids is 1. The summed E-state index contributed by atoms with van der Waals surface area (Å²) in [4.78, 5) is 25.1. The van der Waals surface area contributed by atoms with Crippen molar-refractivity contribution < 1.29 is 18.7 Å². The highest BCUT2D eigenvalue weighted by atomic mass is 32.2. The summed E-state index contributed by atoms with van der Waals surface area (Å²) in [6.45, 7) is 0.0120. The highest BCUT2D eigenvalue weighted by molar-refractivity contribution is 8.00. The summed E-state index contributed by atoms with van der Waals surface area (Å²) < 4.78 is 15.9. The molecule has 6 heteroatoms. The maximum Gasteiger partial charge on any atom is 0.336 e. The predicted molar refractivity (Wildman–Crippen MR) is 114 cm³/mol. The highest BCUT2D eigenvalue weighted by Gasteiger charge is 2.12. The largest absolute Gasteiger partial charge is 0.497 e. The number of carbonyl (C=O) groups is 1. The molecule has 0 bridgehead atoms. The van der Waals surface area contributed by atoms with Crippen molar-refractivity contribution in [2.45, 2.75) is 11.5 Å². The number of hydrogen-bond acceptors (Lipinski definition) is 6. The summed E-state index contributed by atoms with van der Waals surface area (Å²) in [5.41, 5.74) is 0.650. The molecule has 29 heavy (non-hydrogen) atoms. The summed E-state index contributed by atoms with van der Waals surface area (Å²) >= 11 is 1.38. The van der Waals surface area contributed by atoms with Gasteiger partial charge in [-0.2, -0.15) is 0 Å². The van der Waals surface area contributed by atoms with Gasteiger partial charge in [0.2, 0.25) is 0 Å². The topological polar surface area (TPSA) is 65.7 Å². The Labute approximate surface area is 171 Å². The van der Waals surface area contributed by atoms with Crippen LogP contribution in [0.3, 0.4) is 0 Å². The van der Waals surface area contributed by atoms with Crippen LogP contribution in [0.5, 0.6) is 5.75 Å². The van der Waals surface area contributed by atoms with Gasteiger partial charge in [-0.25, -0.2) is 4.79 Å². The lowest BCUT2D eigenvalue weighted by Gasteiger charge is -2.10. The predicted octanol–water partition coefficient (Wildman–Crippen LogP) is 4.79. The molecule has 0 fully saturated rings. The molecule has 0 aliphatic carbocycles. The average molecular weight is 406 g/mol. The van der Waals surface area contributed by atoms with Gasteiger partial charge in [0, 0.05) is 21.9 Å². The second-order valence-electron chi connectivity index (χ2n) is 6.38. The van der Waals surface area contributed by atoms with Gasteiger partial charge in [0.25, 0.3) is 0 Å². The molecule has 4 aromatic rings. The first-order valence-corrected chi connectivity index (χ1v) is 9.99. The second kappa shape index (κ2) is 8.41. The van der Waals surface area contributed by atoms with Gasteiger partial charge in [0.15, 0.2) is 0 Å². The van der Waals surface area contributed by atoms with Crippen molar-refractivity contribution in [3.63, 3.8) is 0 Å². The van der Waals surface area contributed by atoms with Crippen LogP contribution in [-0.2, 0) is 16.1 Å². The molecule has 0 aliphatic rings. The zero-order valence-electron chi connectivity index (χ0n) is 15.7. The molecule has 5 nitrogen and oxygen atoms in total. The first-order chi connectivity index (χ1) is 14.1. The van der Waals surface area contributed by atoms with E-state index in [2.05, 4.69) is 0 Å². The van der Waals surface area contributed by atoms with Crippen LogP contribution in [-0.4, -0.2) is 18.8 Å². The number of benzene rings is 3. The van der Waals surface area contributed by atoms with E-state index in [-0.39, 0.29) is 18.3 Å². The van der Waals surface area contributed by atoms with Crippen molar-refractivity contribution in [1.29, 1.82) is 0 Å². The van der Waals surface area contributed by atoms with E-state index in [1.165, 1.54) is 17.8 Å². The summed E-state index contributed by atoms with van der Waals surface area (Å²) in [6.07, 6.45) is 0. The van der Waals surface area contributed by atoms with Gasteiger partial charge in [0.1, 0.15) is 17.9 Å². The Morgan fingerprint density at radius 1 is 1.03 bits per heavy atom. The van der Waals surface area contributed by atoms with Crippen LogP contribution in [0.15, 0.2) is 80.8 Å². The van der Waals surface area contributed by atoms with Gasteiger partial charge < -0.3 is 13.9 Å². The molecule has 0 spiro atoms. The molecule has 0 amide bonds. The normalized spacial score (nSPS) is 10.9. The highest BCUT2D eigenvalue weighted by Crippen LogP contribution is 2.28. The number of hydrogen-bond donors (Lipinski definition) is 0. The maximum absolute atomic E-state index is 12.2. The van der Waals surface area contributed by atoms with Crippen LogP contribution >= 0.6 is 11.8 Å². The Kier molecular flexibility index (Phi) is 5.53. The van der Waals surface area contributed by atoms with Gasteiger partial charge in [-0.05, 0) is 41.1 Å². The van der Waals surface area contributed by atoms with E-state index in [0.717, 1.165) is 26.8 Å². The molecule has 0 aliphatic heterocycles. The van der Waals surface area contributed by atoms with Crippen LogP contribution in [0.25, 0.3) is 21.7 Å². The lowest BCUT2D eigenvalue weighted by atomic mass is 10.0. The molecule has 0 saturated carbocycles. The summed E-state index contributed by atoms with van der Waals surface area (Å²) in [5, 5.41) is 2.77. The Morgan fingerprint density at radius 3 is 2.62 bits per heavy atom. The third-order valence-electron chi connectivity index (χ3n) is 4.52. The van der Waals surface area contributed by atoms with Crippen LogP contribution in [0, 0.1) is 0 Å². The first-order valence-electron chi connectivity index (χ1n) is 9.01. The van der Waals surface area contributed by atoms with E-state index in [0.29, 0.717) is 11.1 Å². The van der Waals surface area contributed by atoms with Crippen LogP contribution < -0.4 is 10.4 Å². The number of esters is 1. The van der Waals surface area contributed by atoms with Gasteiger partial charge in [-0.1, -0.05) is 30.3 Å². The number of thioether (sulfide) groups is 1. The minimum Gasteiger partial charge on any atom is -0.497 e. The van der Waals surface area contributed by atoms with Crippen molar-refractivity contribution in [1.82, 2.24) is 0 Å². The fraction of sp³-hybridized carbons (Fsp3) is 0.130. The monoisotopic (exact) mass is 406 g/mol. The molecule has 0 radical (unpaired) electrons. The fourth-order valence-corrected chi connectivity index (χ4v) is 3.84. The number of fused-ring (bicyclic) bond motifs is 3. The molecule has 0 atom stereocenters. The maximum atomic E-state index is 12.2. The Bertz CT molecular complexity index is 1230. The molecule has 0 unspecified atom stereocenters. The number of ether oxygens (including phenoxy) is 2. The minimum absolute atomic E-state index is 0.0120. The van der Waals surface area contributed by atoms with E-state index < -0.39 is 5.63 Å². The van der Waals surface area contributed by atoms with Crippen molar-refractivity contribution in [2.75, 3.05) is 12.9 Å². The number of methoxy groups -OCH3 is 1. The third-order valence-corrected chi connectivity index (χ3v) is 5.50. The van der Waals surface area contributed by atoms with E-state index in [9.17, 15) is 9.59 Å². The third kappa shape index (κ3) is 4.27. The lowest BCUT2D eigenvalue weighted by Crippen LogP contribution is -2.09.